The molecule has 0 aliphatic carbocycles. The molecule has 0 N–H and O–H groups in total. The molecule has 0 amide bonds. The Morgan fingerprint density at radius 2 is 1.90 bits per heavy atom. The predicted octanol–water partition coefficient (Wildman–Crippen LogP) is 3.31. The number of methoxy groups -OCH3 is 1. The molecular weight excluding hydrogens is 250 g/mol. The molecule has 108 valence electrons. The van der Waals surface area contributed by atoms with Crippen molar-refractivity contribution in [3.05, 3.63) is 42.6 Å². The zero-order valence-electron chi connectivity index (χ0n) is 12.4. The van der Waals surface area contributed by atoms with Crippen molar-refractivity contribution in [2.45, 2.75) is 39.0 Å². The largest absolute Gasteiger partial charge is 0.356 e. The summed E-state index contributed by atoms with van der Waals surface area (Å²) >= 11 is 0. The lowest BCUT2D eigenvalue weighted by molar-refractivity contribution is -0.671. The molecular formula is C17H24NO2+. The van der Waals surface area contributed by atoms with Crippen molar-refractivity contribution in [1.82, 2.24) is 0 Å². The molecule has 1 unspecified atom stereocenters. The normalized spacial score (nSPS) is 12.7. The lowest BCUT2D eigenvalue weighted by Gasteiger charge is -2.13. The maximum atomic E-state index is 5.63. The summed E-state index contributed by atoms with van der Waals surface area (Å²) in [5, 5.41) is 1.29. The number of benzene rings is 1. The Kier molecular flexibility index (Phi) is 5.96. The Hall–Kier alpha value is -1.45. The van der Waals surface area contributed by atoms with Gasteiger partial charge in [-0.3, -0.25) is 0 Å². The van der Waals surface area contributed by atoms with Crippen LogP contribution in [0.2, 0.25) is 0 Å². The van der Waals surface area contributed by atoms with Crippen molar-refractivity contribution in [3.8, 4) is 0 Å². The number of hydrogen-bond acceptors (Lipinski definition) is 2. The number of unbranched alkanes of at least 4 members (excludes halogenated alkanes) is 1. The molecule has 0 bridgehead atoms. The van der Waals surface area contributed by atoms with Crippen LogP contribution in [0.25, 0.3) is 10.9 Å². The van der Waals surface area contributed by atoms with E-state index >= 15 is 0 Å². The van der Waals surface area contributed by atoms with Gasteiger partial charge in [0.2, 0.25) is 5.52 Å². The van der Waals surface area contributed by atoms with Crippen LogP contribution >= 0.6 is 0 Å². The van der Waals surface area contributed by atoms with Crippen LogP contribution in [0.5, 0.6) is 0 Å². The Labute approximate surface area is 121 Å². The molecule has 0 radical (unpaired) electrons. The number of nitrogens with zero attached hydrogens (tertiary/aromatic N) is 1. The first-order valence-corrected chi connectivity index (χ1v) is 7.36. The van der Waals surface area contributed by atoms with E-state index in [1.165, 1.54) is 10.9 Å². The van der Waals surface area contributed by atoms with E-state index in [0.29, 0.717) is 0 Å². The fourth-order valence-corrected chi connectivity index (χ4v) is 2.37. The second-order valence-electron chi connectivity index (χ2n) is 4.91. The van der Waals surface area contributed by atoms with Gasteiger partial charge in [0.1, 0.15) is 6.54 Å². The van der Waals surface area contributed by atoms with Crippen LogP contribution in [0.15, 0.2) is 42.6 Å². The van der Waals surface area contributed by atoms with Crippen LogP contribution in [0.3, 0.4) is 0 Å². The third kappa shape index (κ3) is 4.02. The number of hydrogen-bond donors (Lipinski definition) is 0. The highest BCUT2D eigenvalue weighted by Gasteiger charge is 2.07. The maximum absolute atomic E-state index is 5.63. The fraction of sp³-hybridized carbons (Fsp3) is 0.471. The monoisotopic (exact) mass is 274 g/mol. The lowest BCUT2D eigenvalue weighted by atomic mass is 10.2. The van der Waals surface area contributed by atoms with Crippen molar-refractivity contribution < 1.29 is 14.0 Å². The Bertz CT molecular complexity index is 518. The SMILES string of the molecule is CCC(OC)OCCCC[n+]1cccc2ccccc21. The van der Waals surface area contributed by atoms with Gasteiger partial charge in [0.05, 0.1) is 0 Å². The highest BCUT2D eigenvalue weighted by Crippen LogP contribution is 2.08. The van der Waals surface area contributed by atoms with Crippen LogP contribution in [0, 0.1) is 0 Å². The number of para-hydroxylation sites is 1. The summed E-state index contributed by atoms with van der Waals surface area (Å²) < 4.78 is 13.1. The number of rotatable bonds is 8. The quantitative estimate of drug-likeness (QED) is 0.418. The summed E-state index contributed by atoms with van der Waals surface area (Å²) in [7, 11) is 1.69. The maximum Gasteiger partial charge on any atom is 0.212 e. The molecule has 3 heteroatoms. The first-order chi connectivity index (χ1) is 9.85. The highest BCUT2D eigenvalue weighted by atomic mass is 16.7. The second-order valence-corrected chi connectivity index (χ2v) is 4.91. The van der Waals surface area contributed by atoms with E-state index in [2.05, 4.69) is 54.1 Å². The number of aromatic nitrogens is 1. The molecule has 1 aromatic carbocycles. The van der Waals surface area contributed by atoms with Crippen LogP contribution in [0.4, 0.5) is 0 Å². The summed E-state index contributed by atoms with van der Waals surface area (Å²) in [6.45, 7) is 3.85. The van der Waals surface area contributed by atoms with Gasteiger partial charge in [0.15, 0.2) is 12.5 Å². The Morgan fingerprint density at radius 1 is 1.10 bits per heavy atom. The second kappa shape index (κ2) is 7.98. The molecule has 2 aromatic rings. The van der Waals surface area contributed by atoms with E-state index in [-0.39, 0.29) is 6.29 Å². The van der Waals surface area contributed by atoms with Crippen molar-refractivity contribution in [2.75, 3.05) is 13.7 Å². The summed E-state index contributed by atoms with van der Waals surface area (Å²) in [6, 6.07) is 12.8. The number of fused-ring (bicyclic) bond motifs is 1. The smallest absolute Gasteiger partial charge is 0.212 e. The first-order valence-electron chi connectivity index (χ1n) is 7.36. The van der Waals surface area contributed by atoms with E-state index in [1.54, 1.807) is 7.11 Å². The van der Waals surface area contributed by atoms with Crippen molar-refractivity contribution in [2.24, 2.45) is 0 Å². The minimum Gasteiger partial charge on any atom is -0.356 e. The fourth-order valence-electron chi connectivity index (χ4n) is 2.37. The van der Waals surface area contributed by atoms with Gasteiger partial charge in [-0.15, -0.1) is 0 Å². The van der Waals surface area contributed by atoms with E-state index < -0.39 is 0 Å². The van der Waals surface area contributed by atoms with E-state index in [9.17, 15) is 0 Å². The van der Waals surface area contributed by atoms with E-state index in [1.807, 2.05) is 0 Å². The van der Waals surface area contributed by atoms with Gasteiger partial charge in [-0.25, -0.2) is 0 Å². The van der Waals surface area contributed by atoms with Gasteiger partial charge in [-0.05, 0) is 25.0 Å². The molecule has 0 saturated heterocycles. The summed E-state index contributed by atoms with van der Waals surface area (Å²) in [4.78, 5) is 0. The molecule has 1 atom stereocenters. The third-order valence-corrected chi connectivity index (χ3v) is 3.48. The van der Waals surface area contributed by atoms with E-state index in [0.717, 1.165) is 32.4 Å². The van der Waals surface area contributed by atoms with Gasteiger partial charge in [-0.1, -0.05) is 19.1 Å². The van der Waals surface area contributed by atoms with Crippen molar-refractivity contribution >= 4 is 10.9 Å². The minimum atomic E-state index is -0.0554. The molecule has 1 aromatic heterocycles. The molecule has 0 spiro atoms. The zero-order chi connectivity index (χ0) is 14.2. The third-order valence-electron chi connectivity index (χ3n) is 3.48. The van der Waals surface area contributed by atoms with Crippen LogP contribution in [-0.4, -0.2) is 20.0 Å². The van der Waals surface area contributed by atoms with Gasteiger partial charge >= 0.3 is 0 Å². The molecule has 0 fully saturated rings. The average molecular weight is 274 g/mol. The number of ether oxygens (including phenoxy) is 2. The summed E-state index contributed by atoms with van der Waals surface area (Å²) in [5.41, 5.74) is 1.29. The number of pyridine rings is 1. The van der Waals surface area contributed by atoms with Crippen LogP contribution < -0.4 is 4.57 Å². The molecule has 0 aliphatic rings. The molecule has 1 heterocycles. The van der Waals surface area contributed by atoms with Gasteiger partial charge in [0, 0.05) is 37.7 Å². The molecule has 3 nitrogen and oxygen atoms in total. The Balaban J connectivity index is 1.81. The van der Waals surface area contributed by atoms with Gasteiger partial charge in [-0.2, -0.15) is 4.57 Å². The predicted molar refractivity (Wildman–Crippen MR) is 80.4 cm³/mol. The molecule has 2 rings (SSSR count). The first kappa shape index (κ1) is 14.9. The standard InChI is InChI=1S/C17H24NO2/c1-3-17(19-2)20-14-7-6-12-18-13-8-10-15-9-4-5-11-16(15)18/h4-5,8-11,13,17H,3,6-7,12,14H2,1-2H3/q+1. The van der Waals surface area contributed by atoms with Crippen molar-refractivity contribution in [1.29, 1.82) is 0 Å². The highest BCUT2D eigenvalue weighted by molar-refractivity contribution is 5.74. The number of aryl methyl sites for hydroxylation is 1. The molecule has 20 heavy (non-hydrogen) atoms. The summed E-state index contributed by atoms with van der Waals surface area (Å²) in [6.07, 6.45) is 5.15. The van der Waals surface area contributed by atoms with Crippen molar-refractivity contribution in [3.63, 3.8) is 0 Å². The topological polar surface area (TPSA) is 22.3 Å². The van der Waals surface area contributed by atoms with Gasteiger partial charge < -0.3 is 9.47 Å². The van der Waals surface area contributed by atoms with E-state index in [4.69, 9.17) is 9.47 Å². The average Bonchev–Trinajstić information content (AvgIpc) is 2.51. The zero-order valence-corrected chi connectivity index (χ0v) is 12.4. The summed E-state index contributed by atoms with van der Waals surface area (Å²) in [5.74, 6) is 0. The Morgan fingerprint density at radius 3 is 2.70 bits per heavy atom. The van der Waals surface area contributed by atoms with Crippen LogP contribution in [-0.2, 0) is 16.0 Å². The van der Waals surface area contributed by atoms with Crippen LogP contribution in [0.1, 0.15) is 26.2 Å². The van der Waals surface area contributed by atoms with Gasteiger partial charge in [0.25, 0.3) is 0 Å². The lowest BCUT2D eigenvalue weighted by Crippen LogP contribution is -2.34. The molecule has 0 saturated carbocycles. The molecule has 0 aliphatic heterocycles. The minimum absolute atomic E-state index is 0.0554.